The molecule has 0 unspecified atom stereocenters. The predicted molar refractivity (Wildman–Crippen MR) is 63.9 cm³/mol. The summed E-state index contributed by atoms with van der Waals surface area (Å²) in [6, 6.07) is 0. The van der Waals surface area contributed by atoms with Gasteiger partial charge in [-0.25, -0.2) is 0 Å². The van der Waals surface area contributed by atoms with Crippen molar-refractivity contribution in [3.05, 3.63) is 12.2 Å². The third-order valence-corrected chi connectivity index (χ3v) is 8.45. The number of rotatable bonds is 0. The number of hydrogen-bond acceptors (Lipinski definition) is 1. The van der Waals surface area contributed by atoms with Crippen molar-refractivity contribution >= 4 is 0 Å². The van der Waals surface area contributed by atoms with Crippen molar-refractivity contribution in [2.75, 3.05) is 0 Å². The summed E-state index contributed by atoms with van der Waals surface area (Å²) in [6.45, 7) is 5.03. The van der Waals surface area contributed by atoms with Gasteiger partial charge in [0.1, 0.15) is 0 Å². The summed E-state index contributed by atoms with van der Waals surface area (Å²) < 4.78 is 0. The Hall–Kier alpha value is -0.300. The molecule has 7 aliphatic rings. The second kappa shape index (κ2) is 1.95. The van der Waals surface area contributed by atoms with Crippen molar-refractivity contribution in [2.24, 2.45) is 58.2 Å². The lowest BCUT2D eigenvalue weighted by molar-refractivity contribution is -0.0704. The zero-order valence-corrected chi connectivity index (χ0v) is 10.5. The average molecular weight is 228 g/mol. The largest absolute Gasteiger partial charge is 0.389 e. The molecule has 1 N–H and O–H groups in total. The van der Waals surface area contributed by atoms with Gasteiger partial charge >= 0.3 is 0 Å². The fourth-order valence-electron chi connectivity index (χ4n) is 8.52. The summed E-state index contributed by atoms with van der Waals surface area (Å²) in [4.78, 5) is 0. The first-order chi connectivity index (χ1) is 8.16. The van der Waals surface area contributed by atoms with E-state index in [2.05, 4.69) is 26.0 Å². The summed E-state index contributed by atoms with van der Waals surface area (Å²) >= 11 is 0. The van der Waals surface area contributed by atoms with E-state index in [1.54, 1.807) is 0 Å². The number of fused-ring (bicyclic) bond motifs is 1. The van der Waals surface area contributed by atoms with Crippen molar-refractivity contribution < 1.29 is 5.11 Å². The first kappa shape index (κ1) is 8.74. The van der Waals surface area contributed by atoms with E-state index in [-0.39, 0.29) is 6.10 Å². The van der Waals surface area contributed by atoms with Crippen LogP contribution in [0.3, 0.4) is 0 Å². The molecule has 0 saturated heterocycles. The van der Waals surface area contributed by atoms with Gasteiger partial charge in [-0.3, -0.25) is 0 Å². The maximum absolute atomic E-state index is 10.1. The Morgan fingerprint density at radius 1 is 1.06 bits per heavy atom. The first-order valence-corrected chi connectivity index (χ1v) is 7.53. The number of aliphatic hydroxyl groups excluding tert-OH is 1. The fraction of sp³-hybridized carbons (Fsp3) is 0.875. The highest BCUT2D eigenvalue weighted by Gasteiger charge is 3.01. The normalized spacial score (nSPS) is 83.6. The molecule has 0 amide bonds. The zero-order chi connectivity index (χ0) is 11.3. The van der Waals surface area contributed by atoms with Gasteiger partial charge in [0.15, 0.2) is 0 Å². The van der Waals surface area contributed by atoms with Crippen LogP contribution < -0.4 is 0 Å². The molecule has 90 valence electrons. The molecule has 2 bridgehead atoms. The van der Waals surface area contributed by atoms with E-state index in [1.807, 2.05) is 0 Å². The molecule has 11 atom stereocenters. The van der Waals surface area contributed by atoms with E-state index in [4.69, 9.17) is 0 Å². The van der Waals surface area contributed by atoms with E-state index in [0.717, 1.165) is 53.8 Å². The second-order valence-electron chi connectivity index (χ2n) is 8.08. The Kier molecular flexibility index (Phi) is 1.00. The van der Waals surface area contributed by atoms with E-state index in [1.165, 1.54) is 0 Å². The van der Waals surface area contributed by atoms with Crippen LogP contribution in [0.1, 0.15) is 20.3 Å². The minimum Gasteiger partial charge on any atom is -0.389 e. The molecule has 6 saturated carbocycles. The molecule has 7 aliphatic carbocycles. The lowest BCUT2D eigenvalue weighted by Crippen LogP contribution is -2.52. The van der Waals surface area contributed by atoms with Crippen LogP contribution in [0.2, 0.25) is 0 Å². The second-order valence-corrected chi connectivity index (χ2v) is 8.08. The van der Waals surface area contributed by atoms with Crippen LogP contribution in [-0.4, -0.2) is 11.2 Å². The van der Waals surface area contributed by atoms with Gasteiger partial charge in [0.05, 0.1) is 6.10 Å². The van der Waals surface area contributed by atoms with Crippen LogP contribution in [0.4, 0.5) is 0 Å². The zero-order valence-electron chi connectivity index (χ0n) is 10.5. The molecule has 0 radical (unpaired) electrons. The minimum absolute atomic E-state index is 0.133. The Morgan fingerprint density at radius 3 is 2.59 bits per heavy atom. The molecular weight excluding hydrogens is 208 g/mol. The summed E-state index contributed by atoms with van der Waals surface area (Å²) in [6.07, 6.45) is 5.60. The number of hydrogen-bond donors (Lipinski definition) is 1. The smallest absolute Gasteiger partial charge is 0.0726 e. The standard InChI is InChI=1S/C16H20O/c1-6-7(2)13-10-9-11(10)14-15(12(6)9)4-3-8(17)5-16(13,14)15/h3-4,6-14,17H,5H2,1-2H3/t6-,7+,8-,9+,10+,11+,12+,13-,14+,15-,16+/m0/s1. The van der Waals surface area contributed by atoms with Gasteiger partial charge in [0.2, 0.25) is 0 Å². The third kappa shape index (κ3) is 0.514. The van der Waals surface area contributed by atoms with Gasteiger partial charge in [-0.2, -0.15) is 0 Å². The van der Waals surface area contributed by atoms with Gasteiger partial charge in [-0.15, -0.1) is 0 Å². The number of allylic oxidation sites excluding steroid dienone is 1. The molecule has 1 heteroatoms. The molecule has 1 nitrogen and oxygen atoms in total. The summed E-state index contributed by atoms with van der Waals surface area (Å²) in [5.41, 5.74) is 1.18. The molecule has 0 aromatic rings. The molecule has 17 heavy (non-hydrogen) atoms. The summed E-state index contributed by atoms with van der Waals surface area (Å²) in [5.74, 6) is 8.12. The Balaban J connectivity index is 1.66. The van der Waals surface area contributed by atoms with Crippen molar-refractivity contribution in [1.82, 2.24) is 0 Å². The average Bonchev–Trinajstić information content (AvgIpc) is 3.07. The number of aliphatic hydroxyl groups is 1. The van der Waals surface area contributed by atoms with Gasteiger partial charge in [0.25, 0.3) is 0 Å². The fourth-order valence-corrected chi connectivity index (χ4v) is 8.52. The van der Waals surface area contributed by atoms with Crippen molar-refractivity contribution in [1.29, 1.82) is 0 Å². The van der Waals surface area contributed by atoms with Crippen molar-refractivity contribution in [3.8, 4) is 0 Å². The molecule has 2 spiro atoms. The SMILES string of the molecule is C[C@@H]1[C@H](C)[C@@H]2[C@@H]3[C@@H]4[C@@H]3[C@@H]3[C@]25C=C[C@H](O)C[C@@]35[C@@H]14. The lowest BCUT2D eigenvalue weighted by atomic mass is 9.49. The van der Waals surface area contributed by atoms with Gasteiger partial charge < -0.3 is 5.11 Å². The highest BCUT2D eigenvalue weighted by Crippen LogP contribution is 3.04. The van der Waals surface area contributed by atoms with E-state index in [0.29, 0.717) is 10.8 Å². The van der Waals surface area contributed by atoms with Crippen LogP contribution in [0, 0.1) is 58.2 Å². The van der Waals surface area contributed by atoms with Gasteiger partial charge in [0, 0.05) is 5.41 Å². The van der Waals surface area contributed by atoms with E-state index < -0.39 is 0 Å². The van der Waals surface area contributed by atoms with E-state index in [9.17, 15) is 5.11 Å². The summed E-state index contributed by atoms with van der Waals surface area (Å²) in [5, 5.41) is 10.1. The topological polar surface area (TPSA) is 20.2 Å². The molecule has 0 aromatic carbocycles. The monoisotopic (exact) mass is 228 g/mol. The lowest BCUT2D eigenvalue weighted by Gasteiger charge is -2.55. The van der Waals surface area contributed by atoms with Crippen LogP contribution >= 0.6 is 0 Å². The molecule has 0 aromatic heterocycles. The molecule has 0 aliphatic heterocycles. The maximum Gasteiger partial charge on any atom is 0.0726 e. The van der Waals surface area contributed by atoms with Crippen molar-refractivity contribution in [2.45, 2.75) is 26.4 Å². The Bertz CT molecular complexity index is 496. The molecule has 7 rings (SSSR count). The van der Waals surface area contributed by atoms with Crippen LogP contribution in [0.15, 0.2) is 12.2 Å². The highest BCUT2D eigenvalue weighted by molar-refractivity contribution is 5.52. The van der Waals surface area contributed by atoms with Crippen LogP contribution in [0.5, 0.6) is 0 Å². The molecular formula is C16H20O. The van der Waals surface area contributed by atoms with Crippen molar-refractivity contribution in [3.63, 3.8) is 0 Å². The van der Waals surface area contributed by atoms with Gasteiger partial charge in [-0.1, -0.05) is 26.0 Å². The van der Waals surface area contributed by atoms with Crippen LogP contribution in [0.25, 0.3) is 0 Å². The molecule has 0 heterocycles. The van der Waals surface area contributed by atoms with Gasteiger partial charge in [-0.05, 0) is 59.2 Å². The van der Waals surface area contributed by atoms with E-state index >= 15 is 0 Å². The quantitative estimate of drug-likeness (QED) is 0.631. The Morgan fingerprint density at radius 2 is 1.76 bits per heavy atom. The summed E-state index contributed by atoms with van der Waals surface area (Å²) in [7, 11) is 0. The molecule has 6 fully saturated rings. The third-order valence-electron chi connectivity index (χ3n) is 8.45. The highest BCUT2D eigenvalue weighted by atomic mass is 16.3. The first-order valence-electron chi connectivity index (χ1n) is 7.53. The minimum atomic E-state index is -0.133. The maximum atomic E-state index is 10.1. The van der Waals surface area contributed by atoms with Crippen LogP contribution in [-0.2, 0) is 0 Å². The predicted octanol–water partition coefficient (Wildman–Crippen LogP) is 2.32. The Labute approximate surface area is 102 Å².